The highest BCUT2D eigenvalue weighted by Crippen LogP contribution is 2.54. The fourth-order valence-corrected chi connectivity index (χ4v) is 3.83. The third-order valence-electron chi connectivity index (χ3n) is 5.36. The van der Waals surface area contributed by atoms with Crippen molar-refractivity contribution in [1.29, 1.82) is 0 Å². The molecule has 3 aliphatic rings. The second kappa shape index (κ2) is 6.15. The number of carbonyl (C=O) groups excluding carboxylic acids is 1. The molecule has 1 saturated heterocycles. The number of likely N-dealkylation sites (tertiary alicyclic amines) is 1. The lowest BCUT2D eigenvalue weighted by molar-refractivity contribution is -0.122. The third kappa shape index (κ3) is 3.52. The molecule has 2 heterocycles. The van der Waals surface area contributed by atoms with Crippen LogP contribution < -0.4 is 5.32 Å². The molecule has 124 valence electrons. The molecule has 6 heteroatoms. The van der Waals surface area contributed by atoms with E-state index in [-0.39, 0.29) is 17.9 Å². The number of hydrogen-bond acceptors (Lipinski definition) is 4. The summed E-state index contributed by atoms with van der Waals surface area (Å²) in [5.41, 5.74) is 0. The van der Waals surface area contributed by atoms with E-state index >= 15 is 0 Å². The third-order valence-corrected chi connectivity index (χ3v) is 5.36. The molecule has 0 aromatic carbocycles. The maximum Gasteiger partial charge on any atom is 0.223 e. The molecule has 4 atom stereocenters. The molecule has 4 rings (SSSR count). The molecule has 1 aromatic heterocycles. The molecule has 2 saturated carbocycles. The van der Waals surface area contributed by atoms with Gasteiger partial charge in [-0.2, -0.15) is 0 Å². The highest BCUT2D eigenvalue weighted by atomic mass is 19.1. The normalized spacial score (nSPS) is 33.6. The van der Waals surface area contributed by atoms with Crippen LogP contribution in [-0.4, -0.2) is 46.1 Å². The van der Waals surface area contributed by atoms with E-state index in [9.17, 15) is 9.18 Å². The van der Waals surface area contributed by atoms with Gasteiger partial charge >= 0.3 is 0 Å². The zero-order chi connectivity index (χ0) is 15.8. The summed E-state index contributed by atoms with van der Waals surface area (Å²) in [7, 11) is 0. The Labute approximate surface area is 135 Å². The van der Waals surface area contributed by atoms with Crippen LogP contribution >= 0.6 is 0 Å². The lowest BCUT2D eigenvalue weighted by Crippen LogP contribution is -2.40. The molecule has 0 unspecified atom stereocenters. The summed E-state index contributed by atoms with van der Waals surface area (Å²) in [5.74, 6) is 2.52. The van der Waals surface area contributed by atoms with Gasteiger partial charge in [0.15, 0.2) is 0 Å². The fourth-order valence-electron chi connectivity index (χ4n) is 3.83. The van der Waals surface area contributed by atoms with Crippen molar-refractivity contribution in [1.82, 2.24) is 20.2 Å². The number of hydrogen-bond donors (Lipinski definition) is 1. The Kier molecular flexibility index (Phi) is 4.01. The van der Waals surface area contributed by atoms with Crippen molar-refractivity contribution in [3.05, 3.63) is 24.3 Å². The summed E-state index contributed by atoms with van der Waals surface area (Å²) in [5, 5.41) is 3.05. The molecule has 5 nitrogen and oxygen atoms in total. The predicted octanol–water partition coefficient (Wildman–Crippen LogP) is 1.55. The van der Waals surface area contributed by atoms with Gasteiger partial charge in [-0.05, 0) is 43.6 Å². The van der Waals surface area contributed by atoms with Crippen molar-refractivity contribution in [2.75, 3.05) is 13.1 Å². The van der Waals surface area contributed by atoms with E-state index in [4.69, 9.17) is 0 Å². The van der Waals surface area contributed by atoms with E-state index in [0.29, 0.717) is 37.8 Å². The standard InChI is InChI=1S/C17H23FN4O/c18-12-6-13(22(9-12)10-16-19-4-1-5-20-16)8-21-17(23)15-7-14(15)11-2-3-11/h1,4-5,11-15H,2-3,6-10H2,(H,21,23)/t12-,13-,14-,15-/m0/s1. The van der Waals surface area contributed by atoms with Crippen LogP contribution in [-0.2, 0) is 11.3 Å². The Morgan fingerprint density at radius 3 is 2.83 bits per heavy atom. The van der Waals surface area contributed by atoms with Crippen molar-refractivity contribution >= 4 is 5.91 Å². The largest absolute Gasteiger partial charge is 0.354 e. The van der Waals surface area contributed by atoms with Crippen LogP contribution in [0.5, 0.6) is 0 Å². The number of amides is 1. The molecule has 23 heavy (non-hydrogen) atoms. The predicted molar refractivity (Wildman–Crippen MR) is 83.1 cm³/mol. The van der Waals surface area contributed by atoms with Crippen molar-refractivity contribution in [2.45, 2.75) is 44.4 Å². The van der Waals surface area contributed by atoms with Crippen LogP contribution in [0.4, 0.5) is 4.39 Å². The number of carbonyl (C=O) groups is 1. The van der Waals surface area contributed by atoms with Gasteiger partial charge in [-0.25, -0.2) is 14.4 Å². The summed E-state index contributed by atoms with van der Waals surface area (Å²) in [4.78, 5) is 22.7. The number of alkyl halides is 1. The van der Waals surface area contributed by atoms with E-state index in [1.54, 1.807) is 18.5 Å². The highest BCUT2D eigenvalue weighted by Gasteiger charge is 2.51. The second-order valence-electron chi connectivity index (χ2n) is 7.17. The molecule has 2 aliphatic carbocycles. The Morgan fingerprint density at radius 1 is 1.30 bits per heavy atom. The Morgan fingerprint density at radius 2 is 2.09 bits per heavy atom. The summed E-state index contributed by atoms with van der Waals surface area (Å²) in [6, 6.07) is 1.81. The second-order valence-corrected chi connectivity index (χ2v) is 7.17. The monoisotopic (exact) mass is 318 g/mol. The first kappa shape index (κ1) is 15.0. The van der Waals surface area contributed by atoms with Gasteiger partial charge in [-0.1, -0.05) is 0 Å². The lowest BCUT2D eigenvalue weighted by atomic mass is 10.2. The fraction of sp³-hybridized carbons (Fsp3) is 0.706. The van der Waals surface area contributed by atoms with E-state index < -0.39 is 6.17 Å². The van der Waals surface area contributed by atoms with Crippen molar-refractivity contribution in [2.24, 2.45) is 17.8 Å². The smallest absolute Gasteiger partial charge is 0.223 e. The van der Waals surface area contributed by atoms with E-state index in [2.05, 4.69) is 15.3 Å². The number of rotatable bonds is 6. The van der Waals surface area contributed by atoms with E-state index in [1.165, 1.54) is 12.8 Å². The molecular formula is C17H23FN4O. The van der Waals surface area contributed by atoms with Gasteiger partial charge in [0.1, 0.15) is 12.0 Å². The number of aromatic nitrogens is 2. The minimum Gasteiger partial charge on any atom is -0.354 e. The van der Waals surface area contributed by atoms with Gasteiger partial charge in [-0.3, -0.25) is 9.69 Å². The Balaban J connectivity index is 1.29. The van der Waals surface area contributed by atoms with Crippen molar-refractivity contribution < 1.29 is 9.18 Å². The van der Waals surface area contributed by atoms with E-state index in [0.717, 1.165) is 12.3 Å². The number of nitrogens with zero attached hydrogens (tertiary/aromatic N) is 3. The first-order valence-corrected chi connectivity index (χ1v) is 8.62. The highest BCUT2D eigenvalue weighted by molar-refractivity contribution is 5.81. The zero-order valence-electron chi connectivity index (χ0n) is 13.2. The van der Waals surface area contributed by atoms with Crippen LogP contribution in [0.25, 0.3) is 0 Å². The van der Waals surface area contributed by atoms with Crippen molar-refractivity contribution in [3.8, 4) is 0 Å². The number of nitrogens with one attached hydrogen (secondary N) is 1. The molecule has 1 aromatic rings. The molecular weight excluding hydrogens is 295 g/mol. The minimum atomic E-state index is -0.833. The topological polar surface area (TPSA) is 58.1 Å². The van der Waals surface area contributed by atoms with E-state index in [1.807, 2.05) is 4.90 Å². The Bertz CT molecular complexity index is 565. The van der Waals surface area contributed by atoms with Gasteiger partial charge in [0.2, 0.25) is 5.91 Å². The lowest BCUT2D eigenvalue weighted by Gasteiger charge is -2.23. The van der Waals surface area contributed by atoms with Crippen LogP contribution in [0.15, 0.2) is 18.5 Å². The molecule has 1 N–H and O–H groups in total. The molecule has 1 amide bonds. The average Bonchev–Trinajstić information content (AvgIpc) is 3.43. The quantitative estimate of drug-likeness (QED) is 0.865. The number of halogens is 1. The molecule has 3 fully saturated rings. The van der Waals surface area contributed by atoms with Gasteiger partial charge in [0.05, 0.1) is 6.54 Å². The van der Waals surface area contributed by atoms with Gasteiger partial charge in [-0.15, -0.1) is 0 Å². The maximum atomic E-state index is 13.8. The zero-order valence-corrected chi connectivity index (χ0v) is 13.2. The first-order chi connectivity index (χ1) is 11.2. The van der Waals surface area contributed by atoms with Gasteiger partial charge in [0.25, 0.3) is 0 Å². The molecule has 1 aliphatic heterocycles. The summed E-state index contributed by atoms with van der Waals surface area (Å²) >= 11 is 0. The molecule has 0 spiro atoms. The average molecular weight is 318 g/mol. The van der Waals surface area contributed by atoms with Gasteiger partial charge in [0, 0.05) is 37.4 Å². The van der Waals surface area contributed by atoms with Gasteiger partial charge < -0.3 is 5.32 Å². The molecule has 0 radical (unpaired) electrons. The van der Waals surface area contributed by atoms with Crippen LogP contribution in [0.2, 0.25) is 0 Å². The maximum absolute atomic E-state index is 13.8. The molecule has 0 bridgehead atoms. The van der Waals surface area contributed by atoms with Crippen molar-refractivity contribution in [3.63, 3.8) is 0 Å². The minimum absolute atomic E-state index is 0.0379. The summed E-state index contributed by atoms with van der Waals surface area (Å²) in [6.45, 7) is 1.46. The van der Waals surface area contributed by atoms with Crippen LogP contribution in [0, 0.1) is 17.8 Å². The summed E-state index contributed by atoms with van der Waals surface area (Å²) in [6.07, 6.45) is 6.69. The Hall–Kier alpha value is -1.56. The summed E-state index contributed by atoms with van der Waals surface area (Å²) < 4.78 is 13.8. The SMILES string of the molecule is O=C(NC[C@@H]1C[C@H](F)CN1Cc1ncccn1)[C@H]1C[C@H]1C1CC1. The first-order valence-electron chi connectivity index (χ1n) is 8.62. The van der Waals surface area contributed by atoms with Crippen LogP contribution in [0.3, 0.4) is 0 Å². The van der Waals surface area contributed by atoms with Crippen LogP contribution in [0.1, 0.15) is 31.5 Å².